The summed E-state index contributed by atoms with van der Waals surface area (Å²) in [5.41, 5.74) is 8.64. The minimum atomic E-state index is 0.414. The van der Waals surface area contributed by atoms with E-state index in [9.17, 15) is 0 Å². The summed E-state index contributed by atoms with van der Waals surface area (Å²) in [6.45, 7) is 1.95. The first-order valence-corrected chi connectivity index (χ1v) is 12.0. The van der Waals surface area contributed by atoms with Gasteiger partial charge in [0.15, 0.2) is 0 Å². The highest BCUT2D eigenvalue weighted by Crippen LogP contribution is 2.29. The number of nitrogens with zero attached hydrogens (tertiary/aromatic N) is 2. The second-order valence-corrected chi connectivity index (χ2v) is 9.15. The largest absolute Gasteiger partial charge is 0.373 e. The number of hydrogen-bond acceptors (Lipinski definition) is 3. The van der Waals surface area contributed by atoms with E-state index in [4.69, 9.17) is 10.4 Å². The molecule has 0 atom stereocenters. The van der Waals surface area contributed by atoms with Crippen molar-refractivity contribution in [2.75, 3.05) is 27.2 Å². The minimum Gasteiger partial charge on any atom is -0.373 e. The molecule has 2 aromatic heterocycles. The maximum Gasteiger partial charge on any atom is 0.130 e. The molecule has 4 N–H and O–H groups in total. The van der Waals surface area contributed by atoms with E-state index in [-0.39, 0.29) is 0 Å². The van der Waals surface area contributed by atoms with E-state index in [1.54, 1.807) is 7.05 Å². The fraction of sp³-hybridized carbons (Fsp3) is 0.172. The van der Waals surface area contributed by atoms with Crippen molar-refractivity contribution in [2.24, 2.45) is 4.99 Å². The highest BCUT2D eigenvalue weighted by atomic mass is 15.2. The van der Waals surface area contributed by atoms with Gasteiger partial charge in [0.2, 0.25) is 0 Å². The molecule has 1 aliphatic heterocycles. The van der Waals surface area contributed by atoms with Crippen molar-refractivity contribution in [1.29, 1.82) is 5.41 Å². The molecule has 174 valence electrons. The number of hydrogen-bond donors (Lipinski definition) is 4. The van der Waals surface area contributed by atoms with Gasteiger partial charge >= 0.3 is 0 Å². The number of benzene rings is 3. The number of rotatable bonds is 4. The fourth-order valence-electron chi connectivity index (χ4n) is 4.86. The third-order valence-corrected chi connectivity index (χ3v) is 6.82. The number of aliphatic imine (C=N–C) groups is 1. The highest BCUT2D eigenvalue weighted by Gasteiger charge is 2.14. The monoisotopic (exact) mass is 460 g/mol. The van der Waals surface area contributed by atoms with Crippen LogP contribution in [0.2, 0.25) is 0 Å². The summed E-state index contributed by atoms with van der Waals surface area (Å²) >= 11 is 0. The third kappa shape index (κ3) is 3.87. The molecule has 5 aromatic rings. The minimum absolute atomic E-state index is 0.414. The van der Waals surface area contributed by atoms with Crippen molar-refractivity contribution in [3.8, 4) is 22.5 Å². The zero-order chi connectivity index (χ0) is 23.9. The van der Waals surface area contributed by atoms with Gasteiger partial charge in [-0.3, -0.25) is 10.4 Å². The van der Waals surface area contributed by atoms with Crippen LogP contribution >= 0.6 is 0 Å². The van der Waals surface area contributed by atoms with Gasteiger partial charge in [-0.05, 0) is 41.8 Å². The van der Waals surface area contributed by atoms with Gasteiger partial charge in [-0.25, -0.2) is 0 Å². The van der Waals surface area contributed by atoms with Crippen LogP contribution in [0.15, 0.2) is 77.8 Å². The van der Waals surface area contributed by atoms with E-state index < -0.39 is 0 Å². The molecule has 35 heavy (non-hydrogen) atoms. The van der Waals surface area contributed by atoms with E-state index in [1.807, 2.05) is 12.1 Å². The van der Waals surface area contributed by atoms with Gasteiger partial charge in [-0.2, -0.15) is 0 Å². The van der Waals surface area contributed by atoms with Crippen molar-refractivity contribution in [2.45, 2.75) is 6.42 Å². The predicted molar refractivity (Wildman–Crippen MR) is 146 cm³/mol. The van der Waals surface area contributed by atoms with E-state index in [0.29, 0.717) is 5.84 Å². The van der Waals surface area contributed by atoms with Crippen LogP contribution < -0.4 is 5.32 Å². The summed E-state index contributed by atoms with van der Waals surface area (Å²) < 4.78 is 0. The summed E-state index contributed by atoms with van der Waals surface area (Å²) in [5.74, 6) is 1.49. The van der Waals surface area contributed by atoms with Crippen LogP contribution in [0.1, 0.15) is 17.5 Å². The Morgan fingerprint density at radius 1 is 0.829 bits per heavy atom. The van der Waals surface area contributed by atoms with E-state index in [1.165, 1.54) is 5.39 Å². The average molecular weight is 461 g/mol. The summed E-state index contributed by atoms with van der Waals surface area (Å²) in [4.78, 5) is 14.1. The molecule has 0 aliphatic carbocycles. The Kier molecular flexibility index (Phi) is 5.14. The standard InChI is InChI=1S/C29H28N6/c1-31-28(30)22-10-8-20-14-24(33-26(20)16-22)18-4-6-19(7-5-18)25-15-21-9-11-23(17-27(21)34-25)29-32-12-3-13-35(29)2/h4-11,14-17,33-34H,3,12-13H2,1-2H3,(H2,30,31). The molecule has 6 heteroatoms. The van der Waals surface area contributed by atoms with Gasteiger partial charge in [0, 0.05) is 71.5 Å². The molecule has 6 rings (SSSR count). The Balaban J connectivity index is 1.28. The molecule has 3 heterocycles. The molecule has 0 saturated carbocycles. The summed E-state index contributed by atoms with van der Waals surface area (Å²) in [7, 11) is 3.88. The van der Waals surface area contributed by atoms with Gasteiger partial charge in [0.05, 0.1) is 0 Å². The second kappa shape index (κ2) is 8.47. The molecule has 6 nitrogen and oxygen atoms in total. The molecule has 0 saturated heterocycles. The van der Waals surface area contributed by atoms with Gasteiger partial charge in [-0.15, -0.1) is 0 Å². The molecule has 3 aromatic carbocycles. The number of H-pyrrole nitrogens is 2. The van der Waals surface area contributed by atoms with Crippen molar-refractivity contribution in [1.82, 2.24) is 20.2 Å². The Morgan fingerprint density at radius 3 is 2.06 bits per heavy atom. The van der Waals surface area contributed by atoms with Gasteiger partial charge in [-0.1, -0.05) is 48.5 Å². The lowest BCUT2D eigenvalue weighted by Crippen LogP contribution is -2.32. The third-order valence-electron chi connectivity index (χ3n) is 6.82. The molecule has 0 unspecified atom stereocenters. The highest BCUT2D eigenvalue weighted by molar-refractivity contribution is 6.02. The smallest absolute Gasteiger partial charge is 0.130 e. The van der Waals surface area contributed by atoms with E-state index in [0.717, 1.165) is 75.4 Å². The molecule has 0 bridgehead atoms. The van der Waals surface area contributed by atoms with Crippen molar-refractivity contribution >= 4 is 33.5 Å². The van der Waals surface area contributed by atoms with Crippen molar-refractivity contribution in [3.63, 3.8) is 0 Å². The molecular weight excluding hydrogens is 432 g/mol. The SMILES string of the molecule is CNC(=N)c1ccc2cc(-c3ccc(-c4cc5ccc(C6=NCCCN6C)cc5[nH]4)cc3)[nH]c2c1. The quantitative estimate of drug-likeness (QED) is 0.208. The number of nitrogens with one attached hydrogen (secondary N) is 4. The predicted octanol–water partition coefficient (Wildman–Crippen LogP) is 5.61. The molecule has 0 spiro atoms. The van der Waals surface area contributed by atoms with Crippen LogP contribution in [0.3, 0.4) is 0 Å². The summed E-state index contributed by atoms with van der Waals surface area (Å²) in [5, 5.41) is 13.2. The topological polar surface area (TPSA) is 83.1 Å². The van der Waals surface area contributed by atoms with Crippen LogP contribution in [0.5, 0.6) is 0 Å². The first-order valence-electron chi connectivity index (χ1n) is 12.0. The number of aromatic nitrogens is 2. The van der Waals surface area contributed by atoms with E-state index in [2.05, 4.69) is 87.9 Å². The molecule has 1 aliphatic rings. The Morgan fingerprint density at radius 2 is 1.43 bits per heavy atom. The maximum absolute atomic E-state index is 8.01. The van der Waals surface area contributed by atoms with Gasteiger partial charge in [0.1, 0.15) is 11.7 Å². The van der Waals surface area contributed by atoms with Gasteiger partial charge in [0.25, 0.3) is 0 Å². The second-order valence-electron chi connectivity index (χ2n) is 9.15. The van der Waals surface area contributed by atoms with Crippen LogP contribution in [-0.2, 0) is 0 Å². The molecule has 0 radical (unpaired) electrons. The molecule has 0 amide bonds. The van der Waals surface area contributed by atoms with E-state index >= 15 is 0 Å². The zero-order valence-electron chi connectivity index (χ0n) is 19.9. The van der Waals surface area contributed by atoms with Crippen LogP contribution in [-0.4, -0.2) is 53.7 Å². The average Bonchev–Trinajstić information content (AvgIpc) is 3.52. The summed E-state index contributed by atoms with van der Waals surface area (Å²) in [6.07, 6.45) is 1.12. The summed E-state index contributed by atoms with van der Waals surface area (Å²) in [6, 6.07) is 25.6. The lowest BCUT2D eigenvalue weighted by Gasteiger charge is -2.25. The Labute approximate surface area is 204 Å². The van der Waals surface area contributed by atoms with Crippen LogP contribution in [0.25, 0.3) is 44.3 Å². The number of fused-ring (bicyclic) bond motifs is 2. The van der Waals surface area contributed by atoms with Crippen molar-refractivity contribution in [3.05, 3.63) is 83.9 Å². The Bertz CT molecular complexity index is 1590. The maximum atomic E-state index is 8.01. The molecule has 0 fully saturated rings. The van der Waals surface area contributed by atoms with Crippen LogP contribution in [0.4, 0.5) is 0 Å². The zero-order valence-corrected chi connectivity index (χ0v) is 19.9. The lowest BCUT2D eigenvalue weighted by molar-refractivity contribution is 0.468. The first-order chi connectivity index (χ1) is 17.1. The van der Waals surface area contributed by atoms with Crippen molar-refractivity contribution < 1.29 is 0 Å². The van der Waals surface area contributed by atoms with Crippen LogP contribution in [0, 0.1) is 5.41 Å². The number of amidine groups is 2. The lowest BCUT2D eigenvalue weighted by atomic mass is 10.1. The molecular formula is C29H28N6. The van der Waals surface area contributed by atoms with Gasteiger partial charge < -0.3 is 20.2 Å². The Hall–Kier alpha value is -4.32. The fourth-order valence-corrected chi connectivity index (χ4v) is 4.86. The first kappa shape index (κ1) is 21.2. The normalized spacial score (nSPS) is 13.9. The number of aromatic amines is 2.